The van der Waals surface area contributed by atoms with Gasteiger partial charge < -0.3 is 15.3 Å². The Hall–Kier alpha value is -3.09. The number of carbonyl (C=O) groups excluding carboxylic acids is 1. The van der Waals surface area contributed by atoms with Crippen molar-refractivity contribution in [3.8, 4) is 0 Å². The average Bonchev–Trinajstić information content (AvgIpc) is 3.34. The standard InChI is InChI=1S/C29H35FN4O5S2/c1-29(2)16-20-13-19(28(36)37)14-24(26(20)31-17-29)41(38,39)33-22(15-25-32-21-5-3-4-6-23(21)40-25)27(35)34-11-8-18(7-10-30)9-12-34/h3-6,13-14,18,22,31,33H,7-12,15-17H2,1-2H3,(H,36,37)/t22-/m0/s1. The van der Waals surface area contributed by atoms with Gasteiger partial charge >= 0.3 is 5.97 Å². The molecule has 41 heavy (non-hydrogen) atoms. The third-order valence-electron chi connectivity index (χ3n) is 7.89. The van der Waals surface area contributed by atoms with E-state index in [0.29, 0.717) is 61.6 Å². The van der Waals surface area contributed by atoms with Gasteiger partial charge in [-0.2, -0.15) is 4.72 Å². The van der Waals surface area contributed by atoms with Crippen LogP contribution in [0.15, 0.2) is 41.3 Å². The van der Waals surface area contributed by atoms with Crippen LogP contribution >= 0.6 is 11.3 Å². The van der Waals surface area contributed by atoms with Crippen molar-refractivity contribution in [3.63, 3.8) is 0 Å². The number of carboxylic acid groups (broad SMARTS) is 1. The highest BCUT2D eigenvalue weighted by molar-refractivity contribution is 7.89. The van der Waals surface area contributed by atoms with Gasteiger partial charge in [0.1, 0.15) is 10.9 Å². The number of halogens is 1. The Morgan fingerprint density at radius 1 is 1.24 bits per heavy atom. The fourth-order valence-corrected chi connectivity index (χ4v) is 8.14. The number of thiazole rings is 1. The van der Waals surface area contributed by atoms with Gasteiger partial charge in [-0.1, -0.05) is 26.0 Å². The fraction of sp³-hybridized carbons (Fsp3) is 0.483. The molecule has 3 heterocycles. The molecular weight excluding hydrogens is 567 g/mol. The van der Waals surface area contributed by atoms with E-state index in [0.717, 1.165) is 16.3 Å². The van der Waals surface area contributed by atoms with E-state index in [9.17, 15) is 27.5 Å². The lowest BCUT2D eigenvalue weighted by atomic mass is 9.82. The van der Waals surface area contributed by atoms with Crippen LogP contribution in [0.2, 0.25) is 0 Å². The van der Waals surface area contributed by atoms with Gasteiger partial charge in [0, 0.05) is 26.1 Å². The van der Waals surface area contributed by atoms with E-state index in [1.165, 1.54) is 17.4 Å². The molecule has 12 heteroatoms. The van der Waals surface area contributed by atoms with Crippen molar-refractivity contribution >= 4 is 49.1 Å². The molecule has 0 radical (unpaired) electrons. The number of anilines is 1. The first-order valence-corrected chi connectivity index (χ1v) is 16.1. The fourth-order valence-electron chi connectivity index (χ4n) is 5.68. The highest BCUT2D eigenvalue weighted by Crippen LogP contribution is 2.37. The highest BCUT2D eigenvalue weighted by atomic mass is 32.2. The van der Waals surface area contributed by atoms with Crippen LogP contribution in [-0.2, 0) is 27.7 Å². The number of nitrogens with zero attached hydrogens (tertiary/aromatic N) is 2. The van der Waals surface area contributed by atoms with Crippen LogP contribution in [0.25, 0.3) is 10.2 Å². The van der Waals surface area contributed by atoms with Gasteiger partial charge in [-0.15, -0.1) is 11.3 Å². The van der Waals surface area contributed by atoms with Crippen LogP contribution in [0.5, 0.6) is 0 Å². The van der Waals surface area contributed by atoms with Crippen molar-refractivity contribution in [2.45, 2.75) is 56.9 Å². The molecule has 0 spiro atoms. The minimum absolute atomic E-state index is 0.0447. The molecule has 1 aromatic heterocycles. The molecule has 220 valence electrons. The molecule has 1 atom stereocenters. The summed E-state index contributed by atoms with van der Waals surface area (Å²) in [6.07, 6.45) is 2.32. The van der Waals surface area contributed by atoms with Gasteiger partial charge in [0.05, 0.1) is 33.1 Å². The SMILES string of the molecule is CC1(C)CNc2c(cc(C(=O)O)cc2S(=O)(=O)N[C@@H](Cc2nc3ccccc3s2)C(=O)N2CCC(CCF)CC2)C1. The lowest BCUT2D eigenvalue weighted by Gasteiger charge is -2.35. The molecule has 3 N–H and O–H groups in total. The summed E-state index contributed by atoms with van der Waals surface area (Å²) in [7, 11) is -4.34. The number of rotatable bonds is 9. The zero-order chi connectivity index (χ0) is 29.4. The van der Waals surface area contributed by atoms with E-state index in [1.54, 1.807) is 4.90 Å². The van der Waals surface area contributed by atoms with E-state index in [2.05, 4.69) is 15.0 Å². The van der Waals surface area contributed by atoms with Gasteiger partial charge in [0.2, 0.25) is 15.9 Å². The molecular formula is C29H35FN4O5S2. The Bertz CT molecular complexity index is 1530. The Labute approximate surface area is 243 Å². The molecule has 0 aliphatic carbocycles. The number of amides is 1. The predicted molar refractivity (Wildman–Crippen MR) is 157 cm³/mol. The van der Waals surface area contributed by atoms with Crippen LogP contribution in [-0.4, -0.2) is 67.6 Å². The van der Waals surface area contributed by atoms with Crippen LogP contribution in [0, 0.1) is 11.3 Å². The van der Waals surface area contributed by atoms with Crippen molar-refractivity contribution in [2.24, 2.45) is 11.3 Å². The number of para-hydroxylation sites is 1. The third kappa shape index (κ3) is 6.54. The number of benzene rings is 2. The van der Waals surface area contributed by atoms with Gasteiger partial charge in [-0.3, -0.25) is 9.18 Å². The second-order valence-electron chi connectivity index (χ2n) is 11.7. The number of sulfonamides is 1. The topological polar surface area (TPSA) is 129 Å². The number of piperidine rings is 1. The van der Waals surface area contributed by atoms with E-state index < -0.39 is 28.7 Å². The molecule has 9 nitrogen and oxygen atoms in total. The minimum atomic E-state index is -4.34. The zero-order valence-corrected chi connectivity index (χ0v) is 24.8. The number of hydrogen-bond donors (Lipinski definition) is 3. The average molecular weight is 603 g/mol. The highest BCUT2D eigenvalue weighted by Gasteiger charge is 2.36. The van der Waals surface area contributed by atoms with E-state index >= 15 is 0 Å². The summed E-state index contributed by atoms with van der Waals surface area (Å²) in [5.41, 5.74) is 1.40. The maximum absolute atomic E-state index is 14.0. The van der Waals surface area contributed by atoms with Crippen LogP contribution in [0.4, 0.5) is 10.1 Å². The number of fused-ring (bicyclic) bond motifs is 2. The quantitative estimate of drug-likeness (QED) is 0.330. The molecule has 2 aromatic carbocycles. The second-order valence-corrected chi connectivity index (χ2v) is 14.5. The number of likely N-dealkylation sites (tertiary alicyclic amines) is 1. The second kappa shape index (κ2) is 11.7. The summed E-state index contributed by atoms with van der Waals surface area (Å²) in [4.78, 5) is 31.8. The Morgan fingerprint density at radius 2 is 1.98 bits per heavy atom. The number of carbonyl (C=O) groups is 2. The molecule has 1 saturated heterocycles. The van der Waals surface area contributed by atoms with Crippen molar-refractivity contribution < 1.29 is 27.5 Å². The van der Waals surface area contributed by atoms with Crippen molar-refractivity contribution in [3.05, 3.63) is 52.5 Å². The van der Waals surface area contributed by atoms with Crippen molar-refractivity contribution in [1.82, 2.24) is 14.6 Å². The summed E-state index contributed by atoms with van der Waals surface area (Å²) in [6.45, 7) is 4.99. The molecule has 0 bridgehead atoms. The van der Waals surface area contributed by atoms with Gasteiger partial charge in [0.25, 0.3) is 0 Å². The first-order valence-electron chi connectivity index (χ1n) is 13.8. The van der Waals surface area contributed by atoms with Crippen LogP contribution in [0.3, 0.4) is 0 Å². The molecule has 0 saturated carbocycles. The Balaban J connectivity index is 1.48. The Morgan fingerprint density at radius 3 is 2.66 bits per heavy atom. The number of carboxylic acids is 1. The first kappa shape index (κ1) is 29.4. The molecule has 5 rings (SSSR count). The normalized spacial score (nSPS) is 18.1. The zero-order valence-electron chi connectivity index (χ0n) is 23.2. The molecule has 0 unspecified atom stereocenters. The molecule has 1 fully saturated rings. The lowest BCUT2D eigenvalue weighted by molar-refractivity contribution is -0.134. The van der Waals surface area contributed by atoms with Gasteiger partial charge in [-0.05, 0) is 66.8 Å². The molecule has 2 aliphatic heterocycles. The van der Waals surface area contributed by atoms with E-state index in [4.69, 9.17) is 0 Å². The van der Waals surface area contributed by atoms with Crippen molar-refractivity contribution in [2.75, 3.05) is 31.6 Å². The van der Waals surface area contributed by atoms with Crippen molar-refractivity contribution in [1.29, 1.82) is 0 Å². The summed E-state index contributed by atoms with van der Waals surface area (Å²) in [5.74, 6) is -1.40. The molecule has 3 aromatic rings. The Kier molecular flexibility index (Phi) is 8.36. The summed E-state index contributed by atoms with van der Waals surface area (Å²) >= 11 is 1.40. The summed E-state index contributed by atoms with van der Waals surface area (Å²) < 4.78 is 44.4. The van der Waals surface area contributed by atoms with Crippen LogP contribution in [0.1, 0.15) is 54.0 Å². The molecule has 1 amide bonds. The number of nitrogens with one attached hydrogen (secondary N) is 2. The number of hydrogen-bond acceptors (Lipinski definition) is 7. The predicted octanol–water partition coefficient (Wildman–Crippen LogP) is 4.48. The summed E-state index contributed by atoms with van der Waals surface area (Å²) in [6, 6.07) is 9.05. The number of aromatic carboxylic acids is 1. The number of aromatic nitrogens is 1. The lowest BCUT2D eigenvalue weighted by Crippen LogP contribution is -2.51. The van der Waals surface area contributed by atoms with E-state index in [1.807, 2.05) is 38.1 Å². The maximum Gasteiger partial charge on any atom is 0.335 e. The molecule has 2 aliphatic rings. The maximum atomic E-state index is 14.0. The largest absolute Gasteiger partial charge is 0.478 e. The van der Waals surface area contributed by atoms with Crippen LogP contribution < -0.4 is 10.0 Å². The van der Waals surface area contributed by atoms with E-state index in [-0.39, 0.29) is 34.1 Å². The summed E-state index contributed by atoms with van der Waals surface area (Å²) in [5, 5.41) is 13.6. The first-order chi connectivity index (χ1) is 19.5. The smallest absolute Gasteiger partial charge is 0.335 e. The van der Waals surface area contributed by atoms with Gasteiger partial charge in [0.15, 0.2) is 0 Å². The third-order valence-corrected chi connectivity index (χ3v) is 10.4. The van der Waals surface area contributed by atoms with Gasteiger partial charge in [-0.25, -0.2) is 18.2 Å². The number of alkyl halides is 1. The monoisotopic (exact) mass is 602 g/mol. The minimum Gasteiger partial charge on any atom is -0.478 e.